The maximum absolute atomic E-state index is 12.1. The molecule has 1 fully saturated rings. The fourth-order valence-corrected chi connectivity index (χ4v) is 3.14. The number of rotatable bonds is 2. The average molecular weight is 255 g/mol. The predicted molar refractivity (Wildman–Crippen MR) is 73.1 cm³/mol. The van der Waals surface area contributed by atoms with Crippen molar-refractivity contribution in [3.63, 3.8) is 0 Å². The molecular weight excluding hydrogens is 238 g/mol. The van der Waals surface area contributed by atoms with Crippen molar-refractivity contribution in [3.05, 3.63) is 41.5 Å². The smallest absolute Gasteiger partial charge is 0.259 e. The summed E-state index contributed by atoms with van der Waals surface area (Å²) in [5.41, 5.74) is 2.17. The molecule has 1 heterocycles. The van der Waals surface area contributed by atoms with Gasteiger partial charge in [-0.1, -0.05) is 49.6 Å². The molecule has 3 heteroatoms. The first-order chi connectivity index (χ1) is 9.27. The van der Waals surface area contributed by atoms with Crippen molar-refractivity contribution in [2.24, 2.45) is 5.92 Å². The molecule has 1 saturated carbocycles. The highest BCUT2D eigenvalue weighted by atomic mass is 16.2. The lowest BCUT2D eigenvalue weighted by molar-refractivity contribution is -0.123. The molecule has 1 aromatic rings. The van der Waals surface area contributed by atoms with E-state index in [0.717, 1.165) is 36.8 Å². The van der Waals surface area contributed by atoms with E-state index in [1.165, 1.54) is 6.42 Å². The van der Waals surface area contributed by atoms with Gasteiger partial charge in [0.25, 0.3) is 11.8 Å². The molecule has 0 bridgehead atoms. The van der Waals surface area contributed by atoms with E-state index in [0.29, 0.717) is 5.57 Å². The van der Waals surface area contributed by atoms with Crippen LogP contribution in [0.15, 0.2) is 35.9 Å². The normalized spacial score (nSPS) is 20.8. The molecule has 1 N–H and O–H groups in total. The van der Waals surface area contributed by atoms with Crippen LogP contribution >= 0.6 is 0 Å². The van der Waals surface area contributed by atoms with Crippen molar-refractivity contribution in [1.29, 1.82) is 0 Å². The van der Waals surface area contributed by atoms with E-state index in [-0.39, 0.29) is 17.7 Å². The van der Waals surface area contributed by atoms with Gasteiger partial charge in [0.05, 0.1) is 5.57 Å². The lowest BCUT2D eigenvalue weighted by Gasteiger charge is -2.22. The van der Waals surface area contributed by atoms with Gasteiger partial charge in [-0.2, -0.15) is 0 Å². The zero-order chi connectivity index (χ0) is 13.2. The summed E-state index contributed by atoms with van der Waals surface area (Å²) in [6, 6.07) is 9.51. The molecule has 1 aromatic carbocycles. The second-order valence-electron chi connectivity index (χ2n) is 5.27. The summed E-state index contributed by atoms with van der Waals surface area (Å²) in [5, 5.41) is 2.46. The van der Waals surface area contributed by atoms with Gasteiger partial charge in [-0.05, 0) is 24.3 Å². The van der Waals surface area contributed by atoms with Crippen molar-refractivity contribution in [3.8, 4) is 0 Å². The molecule has 1 aliphatic carbocycles. The van der Waals surface area contributed by atoms with E-state index in [9.17, 15) is 9.59 Å². The van der Waals surface area contributed by atoms with E-state index >= 15 is 0 Å². The highest BCUT2D eigenvalue weighted by Gasteiger charge is 2.35. The third kappa shape index (κ3) is 2.21. The van der Waals surface area contributed by atoms with E-state index in [1.54, 1.807) is 0 Å². The van der Waals surface area contributed by atoms with Crippen LogP contribution in [-0.4, -0.2) is 11.8 Å². The first kappa shape index (κ1) is 12.2. The summed E-state index contributed by atoms with van der Waals surface area (Å²) >= 11 is 0. The number of benzene rings is 1. The Morgan fingerprint density at radius 2 is 1.58 bits per heavy atom. The minimum absolute atomic E-state index is 0.184. The van der Waals surface area contributed by atoms with Crippen LogP contribution < -0.4 is 5.32 Å². The predicted octanol–water partition coefficient (Wildman–Crippen LogP) is 2.68. The fraction of sp³-hybridized carbons (Fsp3) is 0.375. The van der Waals surface area contributed by atoms with Gasteiger partial charge in [-0.15, -0.1) is 0 Å². The maximum Gasteiger partial charge on any atom is 0.259 e. The Bertz CT molecular complexity index is 539. The standard InChI is InChI=1S/C16H17NO2/c18-15-13(11-7-3-1-4-8-11)14(16(19)17-15)12-9-5-2-6-10-12/h1,3-4,7-8,12H,2,5-6,9-10H2,(H,17,18,19). The minimum Gasteiger partial charge on any atom is -0.288 e. The van der Waals surface area contributed by atoms with Crippen LogP contribution in [0.1, 0.15) is 37.7 Å². The molecular formula is C16H17NO2. The van der Waals surface area contributed by atoms with Crippen molar-refractivity contribution < 1.29 is 9.59 Å². The monoisotopic (exact) mass is 255 g/mol. The molecule has 3 rings (SSSR count). The van der Waals surface area contributed by atoms with Gasteiger partial charge in [0.15, 0.2) is 0 Å². The summed E-state index contributed by atoms with van der Waals surface area (Å²) in [7, 11) is 0. The summed E-state index contributed by atoms with van der Waals surface area (Å²) in [6.45, 7) is 0. The Morgan fingerprint density at radius 3 is 2.26 bits per heavy atom. The van der Waals surface area contributed by atoms with Crippen LogP contribution in [0.25, 0.3) is 5.57 Å². The molecule has 0 atom stereocenters. The van der Waals surface area contributed by atoms with Crippen LogP contribution in [0.5, 0.6) is 0 Å². The molecule has 98 valence electrons. The number of hydrogen-bond donors (Lipinski definition) is 1. The van der Waals surface area contributed by atoms with E-state index in [1.807, 2.05) is 30.3 Å². The van der Waals surface area contributed by atoms with Gasteiger partial charge >= 0.3 is 0 Å². The molecule has 0 spiro atoms. The molecule has 0 radical (unpaired) electrons. The first-order valence-corrected chi connectivity index (χ1v) is 6.92. The number of carbonyl (C=O) groups excluding carboxylic acids is 2. The van der Waals surface area contributed by atoms with E-state index in [4.69, 9.17) is 0 Å². The van der Waals surface area contributed by atoms with Gasteiger partial charge in [0, 0.05) is 5.57 Å². The summed E-state index contributed by atoms with van der Waals surface area (Å²) in [4.78, 5) is 24.1. The Labute approximate surface area is 112 Å². The second kappa shape index (κ2) is 5.00. The Kier molecular flexibility index (Phi) is 3.20. The highest BCUT2D eigenvalue weighted by molar-refractivity contribution is 6.36. The van der Waals surface area contributed by atoms with Gasteiger partial charge in [-0.25, -0.2) is 0 Å². The zero-order valence-corrected chi connectivity index (χ0v) is 10.8. The molecule has 0 aromatic heterocycles. The molecule has 1 aliphatic heterocycles. The van der Waals surface area contributed by atoms with Gasteiger partial charge < -0.3 is 0 Å². The van der Waals surface area contributed by atoms with Crippen LogP contribution in [0.3, 0.4) is 0 Å². The molecule has 0 saturated heterocycles. The van der Waals surface area contributed by atoms with Crippen LogP contribution in [0, 0.1) is 5.92 Å². The van der Waals surface area contributed by atoms with Crippen LogP contribution in [0.4, 0.5) is 0 Å². The summed E-state index contributed by atoms with van der Waals surface area (Å²) in [5.74, 6) is -0.178. The van der Waals surface area contributed by atoms with E-state index < -0.39 is 0 Å². The summed E-state index contributed by atoms with van der Waals surface area (Å²) in [6.07, 6.45) is 5.58. The van der Waals surface area contributed by atoms with E-state index in [2.05, 4.69) is 5.32 Å². The topological polar surface area (TPSA) is 46.2 Å². The number of carbonyl (C=O) groups is 2. The quantitative estimate of drug-likeness (QED) is 0.826. The largest absolute Gasteiger partial charge is 0.288 e. The van der Waals surface area contributed by atoms with Crippen LogP contribution in [0.2, 0.25) is 0 Å². The van der Waals surface area contributed by atoms with Crippen molar-refractivity contribution in [1.82, 2.24) is 5.32 Å². The molecule has 0 unspecified atom stereocenters. The van der Waals surface area contributed by atoms with Gasteiger partial charge in [-0.3, -0.25) is 14.9 Å². The van der Waals surface area contributed by atoms with Gasteiger partial charge in [0.2, 0.25) is 0 Å². The number of nitrogens with one attached hydrogen (secondary N) is 1. The third-order valence-electron chi connectivity index (χ3n) is 4.04. The lowest BCUT2D eigenvalue weighted by Crippen LogP contribution is -2.25. The maximum atomic E-state index is 12.1. The average Bonchev–Trinajstić information content (AvgIpc) is 2.75. The zero-order valence-electron chi connectivity index (χ0n) is 10.8. The molecule has 2 aliphatic rings. The number of imide groups is 1. The SMILES string of the molecule is O=C1NC(=O)C(C2CCCCC2)=C1c1ccccc1. The minimum atomic E-state index is -0.239. The summed E-state index contributed by atoms with van der Waals surface area (Å²) < 4.78 is 0. The van der Waals surface area contributed by atoms with Crippen LogP contribution in [-0.2, 0) is 9.59 Å². The molecule has 2 amide bonds. The lowest BCUT2D eigenvalue weighted by atomic mass is 9.81. The second-order valence-corrected chi connectivity index (χ2v) is 5.27. The number of hydrogen-bond acceptors (Lipinski definition) is 2. The van der Waals surface area contributed by atoms with Crippen molar-refractivity contribution in [2.75, 3.05) is 0 Å². The molecule has 3 nitrogen and oxygen atoms in total. The number of amides is 2. The highest BCUT2D eigenvalue weighted by Crippen LogP contribution is 2.36. The van der Waals surface area contributed by atoms with Crippen molar-refractivity contribution >= 4 is 17.4 Å². The fourth-order valence-electron chi connectivity index (χ4n) is 3.14. The Hall–Kier alpha value is -1.90. The Morgan fingerprint density at radius 1 is 0.895 bits per heavy atom. The molecule has 19 heavy (non-hydrogen) atoms. The third-order valence-corrected chi connectivity index (χ3v) is 4.04. The first-order valence-electron chi connectivity index (χ1n) is 6.92. The van der Waals surface area contributed by atoms with Gasteiger partial charge in [0.1, 0.15) is 0 Å². The Balaban J connectivity index is 2.06. The van der Waals surface area contributed by atoms with Crippen molar-refractivity contribution in [2.45, 2.75) is 32.1 Å².